The molecule has 0 unspecified atom stereocenters. The summed E-state index contributed by atoms with van der Waals surface area (Å²) < 4.78 is 0. The number of amides is 12. The molecule has 0 aliphatic heterocycles. The van der Waals surface area contributed by atoms with Gasteiger partial charge in [0, 0.05) is 56.5 Å². The number of fused-ring (bicyclic) bond motifs is 1. The fourth-order valence-corrected chi connectivity index (χ4v) is 10.9. The van der Waals surface area contributed by atoms with Gasteiger partial charge in [0.2, 0.25) is 70.9 Å². The van der Waals surface area contributed by atoms with Gasteiger partial charge in [0.25, 0.3) is 0 Å². The number of carbonyl (C=O) groups is 12. The standard InChI is InChI=1S/C67H100N20O15/c1-34(2)28-48(82-58(95)47(75-6)30-38-18-22-41(90)23-19-38)59(96)84-50(32-53(69)92)60(97)83-49(31-39-33-78-43-13-9-8-12-42(39)43)61(98)85-54(35(3)4)63(100)86-55(36(5)88)64(101)79-44(14-10-26-76-66(71)72)57(94)80-45(24-25-52(68)91)65(102)87(7)51(15-11-27-77-67(73)74)62(99)81-46(56(70)93)29-37-16-20-40(89)21-17-37/h8-9,12-13,16-23,33-36,44-51,54-55,75,78,88-90H,10-11,14-15,24-32H2,1-7H3,(H2,68,91)(H2,69,92)(H2,70,93)(H,79,101)(H,80,94)(H,81,99)(H,82,95)(H,83,97)(H,84,96)(H,85,98)(H,86,100)(H4,71,72,76)(H4,73,74,77)/t36-,44+,45+,46+,47+,48+,49+,50+,51+,54+,55+/m1/s1. The van der Waals surface area contributed by atoms with Gasteiger partial charge >= 0.3 is 0 Å². The van der Waals surface area contributed by atoms with Crippen LogP contribution in [0, 0.1) is 11.8 Å². The number of H-pyrrole nitrogens is 1. The monoisotopic (exact) mass is 1420 g/mol. The highest BCUT2D eigenvalue weighted by atomic mass is 16.3. The molecule has 1 heterocycles. The van der Waals surface area contributed by atoms with E-state index in [1.54, 1.807) is 63.5 Å². The number of phenolic OH excluding ortho intramolecular Hbond substituents is 2. The summed E-state index contributed by atoms with van der Waals surface area (Å²) in [5.41, 5.74) is 41.4. The third kappa shape index (κ3) is 27.5. The Morgan fingerprint density at radius 1 is 0.500 bits per heavy atom. The molecule has 11 atom stereocenters. The van der Waals surface area contributed by atoms with Crippen molar-refractivity contribution in [1.29, 1.82) is 0 Å². The van der Waals surface area contributed by atoms with E-state index in [1.807, 2.05) is 0 Å². The molecule has 12 amide bonds. The predicted octanol–water partition coefficient (Wildman–Crippen LogP) is -4.28. The summed E-state index contributed by atoms with van der Waals surface area (Å²) in [7, 11) is 2.77. The quantitative estimate of drug-likeness (QED) is 0.0113. The molecule has 27 N–H and O–H groups in total. The average molecular weight is 1430 g/mol. The summed E-state index contributed by atoms with van der Waals surface area (Å²) in [5, 5.41) is 54.9. The molecule has 0 saturated heterocycles. The number of phenols is 2. The molecule has 0 fully saturated rings. The minimum atomic E-state index is -1.90. The lowest BCUT2D eigenvalue weighted by atomic mass is 9.99. The topological polar surface area (TPSA) is 600 Å². The largest absolute Gasteiger partial charge is 0.508 e. The van der Waals surface area contributed by atoms with Crippen molar-refractivity contribution in [3.8, 4) is 11.5 Å². The number of hydrogen-bond donors (Lipinski definition) is 20. The van der Waals surface area contributed by atoms with Crippen LogP contribution >= 0.6 is 0 Å². The van der Waals surface area contributed by atoms with Gasteiger partial charge in [0.15, 0.2) is 11.9 Å². The Bertz CT molecular complexity index is 3590. The van der Waals surface area contributed by atoms with Gasteiger partial charge in [-0.15, -0.1) is 0 Å². The Hall–Kier alpha value is -11.1. The summed E-state index contributed by atoms with van der Waals surface area (Å²) in [4.78, 5) is 180. The van der Waals surface area contributed by atoms with Gasteiger partial charge in [-0.2, -0.15) is 0 Å². The molecule has 558 valence electrons. The highest BCUT2D eigenvalue weighted by molar-refractivity contribution is 6.00. The molecule has 0 radical (unpaired) electrons. The van der Waals surface area contributed by atoms with Crippen LogP contribution in [0.15, 0.2) is 89.0 Å². The number of aromatic amines is 1. The number of aliphatic imine (C=N–C) groups is 2. The number of nitrogens with one attached hydrogen (secondary N) is 10. The third-order valence-electron chi connectivity index (χ3n) is 16.4. The van der Waals surface area contributed by atoms with E-state index in [4.69, 9.17) is 40.1 Å². The van der Waals surface area contributed by atoms with E-state index in [1.165, 1.54) is 57.3 Å². The predicted molar refractivity (Wildman–Crippen MR) is 378 cm³/mol. The first-order chi connectivity index (χ1) is 48.1. The number of nitrogens with two attached hydrogens (primary N) is 7. The zero-order chi connectivity index (χ0) is 76.1. The van der Waals surface area contributed by atoms with Gasteiger partial charge in [-0.3, -0.25) is 67.5 Å². The smallest absolute Gasteiger partial charge is 0.245 e. The van der Waals surface area contributed by atoms with Crippen LogP contribution in [0.5, 0.6) is 11.5 Å². The Morgan fingerprint density at radius 2 is 0.971 bits per heavy atom. The van der Waals surface area contributed by atoms with E-state index < -0.39 is 163 Å². The maximum absolute atomic E-state index is 14.8. The summed E-state index contributed by atoms with van der Waals surface area (Å²) in [6.45, 7) is 7.69. The first kappa shape index (κ1) is 83.3. The number of benzene rings is 3. The number of aliphatic hydroxyl groups is 1. The van der Waals surface area contributed by atoms with Gasteiger partial charge in [-0.05, 0) is 118 Å². The maximum atomic E-state index is 14.8. The van der Waals surface area contributed by atoms with Crippen LogP contribution in [0.1, 0.15) is 103 Å². The van der Waals surface area contributed by atoms with Crippen molar-refractivity contribution in [3.05, 3.63) is 95.7 Å². The number of para-hydroxylation sites is 1. The van der Waals surface area contributed by atoms with Gasteiger partial charge in [0.1, 0.15) is 65.9 Å². The molecule has 4 rings (SSSR count). The normalized spacial score (nSPS) is 14.4. The van der Waals surface area contributed by atoms with E-state index in [2.05, 4.69) is 62.8 Å². The van der Waals surface area contributed by atoms with Crippen LogP contribution < -0.4 is 88.0 Å². The molecule has 4 aromatic rings. The summed E-state index contributed by atoms with van der Waals surface area (Å²) in [6, 6.07) is 3.98. The molecule has 35 nitrogen and oxygen atoms in total. The second-order valence-corrected chi connectivity index (χ2v) is 25.5. The second kappa shape index (κ2) is 40.8. The number of rotatable bonds is 43. The molecule has 0 aliphatic rings. The van der Waals surface area contributed by atoms with Gasteiger partial charge in [0.05, 0.1) is 18.6 Å². The van der Waals surface area contributed by atoms with E-state index in [0.717, 1.165) is 11.8 Å². The van der Waals surface area contributed by atoms with Crippen LogP contribution in [0.3, 0.4) is 0 Å². The number of primary amides is 3. The highest BCUT2D eigenvalue weighted by Gasteiger charge is 2.39. The molecular weight excluding hydrogens is 1320 g/mol. The van der Waals surface area contributed by atoms with Crippen molar-refractivity contribution in [2.45, 2.75) is 172 Å². The number of aliphatic hydroxyl groups excluding tert-OH is 1. The number of carbonyl (C=O) groups excluding carboxylic acids is 12. The molecule has 0 saturated carbocycles. The van der Waals surface area contributed by atoms with Crippen molar-refractivity contribution in [3.63, 3.8) is 0 Å². The summed E-state index contributed by atoms with van der Waals surface area (Å²) >= 11 is 0. The van der Waals surface area contributed by atoms with E-state index in [0.29, 0.717) is 27.6 Å². The maximum Gasteiger partial charge on any atom is 0.245 e. The zero-order valence-corrected chi connectivity index (χ0v) is 58.3. The van der Waals surface area contributed by atoms with Crippen molar-refractivity contribution in [1.82, 2.24) is 57.7 Å². The SMILES string of the molecule is CN[C@@H](Cc1ccc(O)cc1)C(=O)N[C@@H](CC(C)C)C(=O)N[C@@H](CC(N)=O)C(=O)N[C@@H](Cc1c[nH]c2ccccc12)C(=O)N[C@H](C(=O)N[C@H](C(=O)N[C@@H](CCCN=C(N)N)C(=O)N[C@@H](CCC(N)=O)C(=O)N(C)[C@@H](CCCN=C(N)N)C(=O)N[C@@H](Cc1ccc(O)cc1)C(N)=O)[C@@H](C)O)C(C)C. The Morgan fingerprint density at radius 3 is 1.50 bits per heavy atom. The van der Waals surface area contributed by atoms with E-state index >= 15 is 0 Å². The zero-order valence-electron chi connectivity index (χ0n) is 58.3. The van der Waals surface area contributed by atoms with Crippen LogP contribution in [0.4, 0.5) is 0 Å². The summed E-state index contributed by atoms with van der Waals surface area (Å²) in [5.74, 6) is -13.1. The Labute approximate surface area is 590 Å². The van der Waals surface area contributed by atoms with Gasteiger partial charge in [-0.25, -0.2) is 0 Å². The number of hydrogen-bond acceptors (Lipinski definition) is 18. The first-order valence-electron chi connectivity index (χ1n) is 33.2. The Kier molecular flexibility index (Phi) is 33.4. The third-order valence-corrected chi connectivity index (χ3v) is 16.4. The number of nitrogens with zero attached hydrogens (tertiary/aromatic N) is 3. The van der Waals surface area contributed by atoms with Crippen molar-refractivity contribution >= 4 is 93.7 Å². The molecule has 1 aromatic heterocycles. The van der Waals surface area contributed by atoms with Crippen molar-refractivity contribution in [2.75, 3.05) is 27.2 Å². The Balaban J connectivity index is 1.65. The molecule has 35 heteroatoms. The van der Waals surface area contributed by atoms with Crippen LogP contribution in [-0.2, 0) is 76.8 Å². The lowest BCUT2D eigenvalue weighted by Crippen LogP contribution is -2.63. The van der Waals surface area contributed by atoms with Crippen molar-refractivity contribution in [2.24, 2.45) is 62.0 Å². The second-order valence-electron chi connectivity index (χ2n) is 25.5. The van der Waals surface area contributed by atoms with Crippen LogP contribution in [0.25, 0.3) is 10.9 Å². The number of guanidine groups is 2. The molecular formula is C67H100N20O15. The number of aromatic nitrogens is 1. The molecule has 0 aliphatic carbocycles. The molecule has 102 heavy (non-hydrogen) atoms. The first-order valence-corrected chi connectivity index (χ1v) is 33.2. The molecule has 0 bridgehead atoms. The fourth-order valence-electron chi connectivity index (χ4n) is 10.9. The minimum absolute atomic E-state index is 0.0160. The molecule has 0 spiro atoms. The van der Waals surface area contributed by atoms with Gasteiger partial charge < -0.3 is 113 Å². The van der Waals surface area contributed by atoms with E-state index in [9.17, 15) is 72.9 Å². The van der Waals surface area contributed by atoms with Gasteiger partial charge in [-0.1, -0.05) is 70.2 Å². The minimum Gasteiger partial charge on any atom is -0.508 e. The summed E-state index contributed by atoms with van der Waals surface area (Å²) in [6.07, 6.45) is -2.38. The lowest BCUT2D eigenvalue weighted by molar-refractivity contribution is -0.143. The van der Waals surface area contributed by atoms with Crippen molar-refractivity contribution < 1.29 is 72.9 Å². The van der Waals surface area contributed by atoms with Crippen LogP contribution in [0.2, 0.25) is 0 Å². The number of aromatic hydroxyl groups is 2. The number of likely N-dealkylation sites (N-methyl/N-ethyl adjacent to an activating group) is 2. The fraction of sp³-hybridized carbons (Fsp3) is 0.493. The average Bonchev–Trinajstić information content (AvgIpc) is 1.59. The highest BCUT2D eigenvalue weighted by Crippen LogP contribution is 2.21. The van der Waals surface area contributed by atoms with E-state index in [-0.39, 0.29) is 93.8 Å². The van der Waals surface area contributed by atoms with Crippen LogP contribution in [-0.4, -0.2) is 202 Å². The lowest BCUT2D eigenvalue weighted by Gasteiger charge is -2.32. The molecule has 3 aromatic carbocycles.